The molecule has 2 heterocycles. The van der Waals surface area contributed by atoms with Crippen molar-refractivity contribution in [2.24, 2.45) is 0 Å². The number of aryl methyl sites for hydroxylation is 1. The molecule has 0 radical (unpaired) electrons. The second kappa shape index (κ2) is 5.65. The largest absolute Gasteiger partial charge is 0.321 e. The fraction of sp³-hybridized carbons (Fsp3) is 0.308. The van der Waals surface area contributed by atoms with Crippen LogP contribution in [0.4, 0.5) is 11.4 Å². The van der Waals surface area contributed by atoms with Gasteiger partial charge in [0.1, 0.15) is 4.88 Å². The van der Waals surface area contributed by atoms with E-state index < -0.39 is 10.0 Å². The van der Waals surface area contributed by atoms with Crippen LogP contribution in [-0.4, -0.2) is 36.2 Å². The lowest BCUT2D eigenvalue weighted by Gasteiger charge is -2.17. The van der Waals surface area contributed by atoms with Crippen LogP contribution in [0, 0.1) is 6.92 Å². The van der Waals surface area contributed by atoms with Gasteiger partial charge in [-0.05, 0) is 43.1 Å². The van der Waals surface area contributed by atoms with Crippen LogP contribution in [0.15, 0.2) is 24.3 Å². The molecule has 1 aromatic carbocycles. The molecule has 1 N–H and O–H groups in total. The Morgan fingerprint density at radius 1 is 1.41 bits per heavy atom. The molecule has 0 saturated carbocycles. The Balaban J connectivity index is 1.83. The van der Waals surface area contributed by atoms with Crippen molar-refractivity contribution in [3.05, 3.63) is 34.8 Å². The van der Waals surface area contributed by atoms with Crippen molar-refractivity contribution in [3.8, 4) is 0 Å². The van der Waals surface area contributed by atoms with Crippen LogP contribution in [0.5, 0.6) is 0 Å². The average Bonchev–Trinajstić information content (AvgIpc) is 3.04. The van der Waals surface area contributed by atoms with E-state index in [4.69, 9.17) is 0 Å². The number of aromatic nitrogens is 2. The predicted octanol–water partition coefficient (Wildman–Crippen LogP) is 1.64. The van der Waals surface area contributed by atoms with Crippen molar-refractivity contribution in [3.63, 3.8) is 0 Å². The zero-order valence-electron chi connectivity index (χ0n) is 11.8. The van der Waals surface area contributed by atoms with E-state index in [0.717, 1.165) is 11.5 Å². The van der Waals surface area contributed by atoms with Crippen molar-refractivity contribution < 1.29 is 13.2 Å². The smallest absolute Gasteiger partial charge is 0.269 e. The van der Waals surface area contributed by atoms with Crippen molar-refractivity contribution in [2.45, 2.75) is 13.3 Å². The average molecular weight is 338 g/mol. The summed E-state index contributed by atoms with van der Waals surface area (Å²) in [4.78, 5) is 12.6. The van der Waals surface area contributed by atoms with Gasteiger partial charge in [0.2, 0.25) is 10.0 Å². The Kier molecular flexibility index (Phi) is 3.83. The summed E-state index contributed by atoms with van der Waals surface area (Å²) in [5.41, 5.74) is 1.67. The highest BCUT2D eigenvalue weighted by atomic mass is 32.2. The normalized spacial score (nSPS) is 16.7. The maximum atomic E-state index is 12.1. The van der Waals surface area contributed by atoms with Gasteiger partial charge in [-0.25, -0.2) is 8.42 Å². The van der Waals surface area contributed by atoms with E-state index in [1.807, 2.05) is 0 Å². The lowest BCUT2D eigenvalue weighted by molar-refractivity contribution is 0.103. The Labute approximate surface area is 132 Å². The maximum absolute atomic E-state index is 12.1. The lowest BCUT2D eigenvalue weighted by Crippen LogP contribution is -2.25. The van der Waals surface area contributed by atoms with Crippen LogP contribution in [0.3, 0.4) is 0 Å². The first-order valence-corrected chi connectivity index (χ1v) is 9.06. The molecule has 1 saturated heterocycles. The standard InChI is InChI=1S/C13H14N4O3S2/c1-9-12(21-16-15-9)13(18)14-10-4-2-5-11(8-10)17-6-3-7-22(17,19)20/h2,4-5,8H,3,6-7H2,1H3,(H,14,18). The van der Waals surface area contributed by atoms with E-state index in [1.165, 1.54) is 4.31 Å². The van der Waals surface area contributed by atoms with Gasteiger partial charge in [0, 0.05) is 12.2 Å². The number of sulfonamides is 1. The van der Waals surface area contributed by atoms with E-state index in [9.17, 15) is 13.2 Å². The molecule has 9 heteroatoms. The van der Waals surface area contributed by atoms with Gasteiger partial charge in [-0.15, -0.1) is 5.10 Å². The topological polar surface area (TPSA) is 92.3 Å². The summed E-state index contributed by atoms with van der Waals surface area (Å²) in [5.74, 6) is -0.135. The summed E-state index contributed by atoms with van der Waals surface area (Å²) >= 11 is 1.03. The molecule has 1 aliphatic heterocycles. The maximum Gasteiger partial charge on any atom is 0.269 e. The van der Waals surface area contributed by atoms with E-state index in [-0.39, 0.29) is 11.7 Å². The predicted molar refractivity (Wildman–Crippen MR) is 84.8 cm³/mol. The molecule has 0 spiro atoms. The number of nitrogens with zero attached hydrogens (tertiary/aromatic N) is 3. The molecule has 0 bridgehead atoms. The molecule has 1 aliphatic rings. The van der Waals surface area contributed by atoms with Crippen molar-refractivity contribution >= 4 is 38.8 Å². The van der Waals surface area contributed by atoms with Crippen molar-refractivity contribution in [2.75, 3.05) is 21.9 Å². The number of benzene rings is 1. The summed E-state index contributed by atoms with van der Waals surface area (Å²) in [5, 5.41) is 6.55. The summed E-state index contributed by atoms with van der Waals surface area (Å²) in [7, 11) is -3.23. The van der Waals surface area contributed by atoms with E-state index in [0.29, 0.717) is 34.9 Å². The molecule has 7 nitrogen and oxygen atoms in total. The first-order chi connectivity index (χ1) is 10.5. The third-order valence-electron chi connectivity index (χ3n) is 3.35. The van der Waals surface area contributed by atoms with Gasteiger partial charge >= 0.3 is 0 Å². The summed E-state index contributed by atoms with van der Waals surface area (Å²) in [6, 6.07) is 6.81. The minimum absolute atomic E-state index is 0.162. The molecule has 116 valence electrons. The second-order valence-corrected chi connectivity index (χ2v) is 7.70. The molecular formula is C13H14N4O3S2. The minimum atomic E-state index is -3.23. The van der Waals surface area contributed by atoms with Gasteiger partial charge in [-0.2, -0.15) is 0 Å². The van der Waals surface area contributed by atoms with Gasteiger partial charge in [0.05, 0.1) is 17.1 Å². The molecule has 3 rings (SSSR count). The highest BCUT2D eigenvalue weighted by molar-refractivity contribution is 7.93. The van der Waals surface area contributed by atoms with Crippen molar-refractivity contribution in [1.82, 2.24) is 9.59 Å². The quantitative estimate of drug-likeness (QED) is 0.918. The van der Waals surface area contributed by atoms with E-state index in [1.54, 1.807) is 31.2 Å². The number of carbonyl (C=O) groups is 1. The third-order valence-corrected chi connectivity index (χ3v) is 6.05. The van der Waals surface area contributed by atoms with Crippen LogP contribution >= 0.6 is 11.5 Å². The fourth-order valence-corrected chi connectivity index (χ4v) is 4.40. The van der Waals surface area contributed by atoms with Gasteiger partial charge < -0.3 is 5.32 Å². The number of nitrogens with one attached hydrogen (secondary N) is 1. The first kappa shape index (κ1) is 14.9. The van der Waals surface area contributed by atoms with E-state index >= 15 is 0 Å². The number of carbonyl (C=O) groups excluding carboxylic acids is 1. The number of hydrogen-bond donors (Lipinski definition) is 1. The van der Waals surface area contributed by atoms with Crippen LogP contribution in [0.25, 0.3) is 0 Å². The fourth-order valence-electron chi connectivity index (χ4n) is 2.30. The number of hydrogen-bond acceptors (Lipinski definition) is 6. The van der Waals surface area contributed by atoms with E-state index in [2.05, 4.69) is 14.9 Å². The van der Waals surface area contributed by atoms with Gasteiger partial charge in [-0.3, -0.25) is 9.10 Å². The zero-order chi connectivity index (χ0) is 15.7. The minimum Gasteiger partial charge on any atom is -0.321 e. The molecule has 1 aromatic heterocycles. The summed E-state index contributed by atoms with van der Waals surface area (Å²) in [6.45, 7) is 2.18. The Hall–Kier alpha value is -2.00. The zero-order valence-corrected chi connectivity index (χ0v) is 13.4. The highest BCUT2D eigenvalue weighted by Gasteiger charge is 2.28. The van der Waals surface area contributed by atoms with Crippen LogP contribution in [-0.2, 0) is 10.0 Å². The molecule has 1 fully saturated rings. The van der Waals surface area contributed by atoms with Gasteiger partial charge in [0.15, 0.2) is 0 Å². The highest BCUT2D eigenvalue weighted by Crippen LogP contribution is 2.26. The number of anilines is 2. The third kappa shape index (κ3) is 2.81. The van der Waals surface area contributed by atoms with Crippen LogP contribution < -0.4 is 9.62 Å². The summed E-state index contributed by atoms with van der Waals surface area (Å²) < 4.78 is 29.0. The Morgan fingerprint density at radius 3 is 2.86 bits per heavy atom. The summed E-state index contributed by atoms with van der Waals surface area (Å²) in [6.07, 6.45) is 0.616. The molecule has 0 aliphatic carbocycles. The Bertz CT molecular complexity index is 816. The second-order valence-electron chi connectivity index (χ2n) is 4.93. The molecule has 22 heavy (non-hydrogen) atoms. The number of rotatable bonds is 3. The molecular weight excluding hydrogens is 324 g/mol. The van der Waals surface area contributed by atoms with Crippen molar-refractivity contribution in [1.29, 1.82) is 0 Å². The molecule has 0 unspecified atom stereocenters. The van der Waals surface area contributed by atoms with Gasteiger partial charge in [0.25, 0.3) is 5.91 Å². The molecule has 0 atom stereocenters. The van der Waals surface area contributed by atoms with Crippen LogP contribution in [0.1, 0.15) is 21.8 Å². The first-order valence-electron chi connectivity index (χ1n) is 6.68. The molecule has 1 amide bonds. The van der Waals surface area contributed by atoms with Gasteiger partial charge in [-0.1, -0.05) is 10.6 Å². The monoisotopic (exact) mass is 338 g/mol. The van der Waals surface area contributed by atoms with Crippen LogP contribution in [0.2, 0.25) is 0 Å². The SMILES string of the molecule is Cc1nnsc1C(=O)Nc1cccc(N2CCCS2(=O)=O)c1. The molecule has 2 aromatic rings. The Morgan fingerprint density at radius 2 is 2.23 bits per heavy atom. The number of amides is 1. The lowest BCUT2D eigenvalue weighted by atomic mass is 10.2.